The number of aliphatic hydroxyl groups is 4. The Kier molecular flexibility index (Phi) is 36.6. The first kappa shape index (κ1) is 53.4. The number of hydrogen-bond acceptors (Lipinski definition) is 9. The van der Waals surface area contributed by atoms with E-state index < -0.39 is 43.4 Å². The van der Waals surface area contributed by atoms with Gasteiger partial charge in [0.2, 0.25) is 0 Å². The van der Waals surface area contributed by atoms with E-state index in [9.17, 15) is 25.2 Å². The molecule has 0 saturated carbocycles. The summed E-state index contributed by atoms with van der Waals surface area (Å²) < 4.78 is 22.8. The molecule has 9 heteroatoms. The predicted molar refractivity (Wildman–Crippen MR) is 237 cm³/mol. The monoisotopic (exact) mass is 815 g/mol. The molecular formula is C49H82O9. The summed E-state index contributed by atoms with van der Waals surface area (Å²) in [6.07, 6.45) is 46.0. The molecule has 0 amide bonds. The average Bonchev–Trinajstić information content (AvgIpc) is 3.22. The Hall–Kier alpha value is -2.63. The number of unbranched alkanes of at least 4 members (excludes halogenated alkanes) is 12. The average molecular weight is 815 g/mol. The molecule has 1 saturated heterocycles. The first-order chi connectivity index (χ1) is 28.4. The molecule has 332 valence electrons. The highest BCUT2D eigenvalue weighted by Gasteiger charge is 2.44. The third-order valence-electron chi connectivity index (χ3n) is 9.81. The molecule has 0 aromatic rings. The van der Waals surface area contributed by atoms with Crippen LogP contribution in [-0.2, 0) is 23.7 Å². The van der Waals surface area contributed by atoms with E-state index in [1.54, 1.807) is 0 Å². The smallest absolute Gasteiger partial charge is 0.306 e. The van der Waals surface area contributed by atoms with Gasteiger partial charge >= 0.3 is 5.97 Å². The van der Waals surface area contributed by atoms with Gasteiger partial charge in [-0.2, -0.15) is 0 Å². The summed E-state index contributed by atoms with van der Waals surface area (Å²) in [6, 6.07) is 0. The molecule has 0 aromatic heterocycles. The van der Waals surface area contributed by atoms with Crippen LogP contribution in [0.3, 0.4) is 0 Å². The number of rotatable bonds is 37. The minimum absolute atomic E-state index is 0.124. The van der Waals surface area contributed by atoms with E-state index in [0.29, 0.717) is 6.61 Å². The Labute approximate surface area is 352 Å². The van der Waals surface area contributed by atoms with Crippen LogP contribution in [0.2, 0.25) is 0 Å². The lowest BCUT2D eigenvalue weighted by Crippen LogP contribution is -2.59. The molecule has 1 aliphatic rings. The van der Waals surface area contributed by atoms with Crippen LogP contribution in [0.15, 0.2) is 85.1 Å². The molecule has 0 bridgehead atoms. The fourth-order valence-corrected chi connectivity index (χ4v) is 6.32. The highest BCUT2D eigenvalue weighted by atomic mass is 16.7. The number of carbonyl (C=O) groups is 1. The van der Waals surface area contributed by atoms with Gasteiger partial charge in [0.25, 0.3) is 0 Å². The maximum absolute atomic E-state index is 12.8. The minimum atomic E-state index is -1.55. The third-order valence-corrected chi connectivity index (χ3v) is 9.81. The molecule has 0 aromatic carbocycles. The van der Waals surface area contributed by atoms with Gasteiger partial charge in [0.15, 0.2) is 6.29 Å². The van der Waals surface area contributed by atoms with Gasteiger partial charge in [-0.05, 0) is 83.5 Å². The summed E-state index contributed by atoms with van der Waals surface area (Å²) in [5, 5.41) is 40.1. The highest BCUT2D eigenvalue weighted by molar-refractivity contribution is 5.69. The van der Waals surface area contributed by atoms with E-state index in [-0.39, 0.29) is 25.6 Å². The molecule has 1 aliphatic heterocycles. The molecular weight excluding hydrogens is 733 g/mol. The van der Waals surface area contributed by atoms with E-state index >= 15 is 0 Å². The third kappa shape index (κ3) is 30.4. The molecule has 1 rings (SSSR count). The lowest BCUT2D eigenvalue weighted by Gasteiger charge is -2.39. The van der Waals surface area contributed by atoms with Gasteiger partial charge in [-0.25, -0.2) is 0 Å². The van der Waals surface area contributed by atoms with Crippen LogP contribution in [0, 0.1) is 0 Å². The molecule has 6 atom stereocenters. The number of aliphatic hydroxyl groups excluding tert-OH is 4. The van der Waals surface area contributed by atoms with Crippen LogP contribution in [0.1, 0.15) is 155 Å². The van der Waals surface area contributed by atoms with Crippen molar-refractivity contribution in [2.75, 3.05) is 26.4 Å². The lowest BCUT2D eigenvalue weighted by molar-refractivity contribution is -0.305. The summed E-state index contributed by atoms with van der Waals surface area (Å²) in [4.78, 5) is 12.8. The summed E-state index contributed by atoms with van der Waals surface area (Å²) in [6.45, 7) is 4.27. The van der Waals surface area contributed by atoms with Gasteiger partial charge in [0.05, 0.1) is 19.8 Å². The predicted octanol–water partition coefficient (Wildman–Crippen LogP) is 10.2. The summed E-state index contributed by atoms with van der Waals surface area (Å²) in [7, 11) is 0. The quantitative estimate of drug-likeness (QED) is 0.0275. The fourth-order valence-electron chi connectivity index (χ4n) is 6.32. The van der Waals surface area contributed by atoms with Crippen LogP contribution in [0.5, 0.6) is 0 Å². The van der Waals surface area contributed by atoms with Crippen molar-refractivity contribution in [1.82, 2.24) is 0 Å². The van der Waals surface area contributed by atoms with Crippen LogP contribution in [-0.4, -0.2) is 89.6 Å². The maximum atomic E-state index is 12.8. The molecule has 58 heavy (non-hydrogen) atoms. The minimum Gasteiger partial charge on any atom is -0.457 e. The molecule has 0 aliphatic carbocycles. The van der Waals surface area contributed by atoms with Crippen molar-refractivity contribution < 1.29 is 44.2 Å². The Bertz CT molecular complexity index is 1150. The zero-order chi connectivity index (χ0) is 42.2. The topological polar surface area (TPSA) is 135 Å². The number of hydrogen-bond donors (Lipinski definition) is 4. The normalized spacial score (nSPS) is 21.1. The van der Waals surface area contributed by atoms with Gasteiger partial charge in [-0.3, -0.25) is 4.79 Å². The molecule has 6 unspecified atom stereocenters. The van der Waals surface area contributed by atoms with Crippen molar-refractivity contribution in [3.63, 3.8) is 0 Å². The summed E-state index contributed by atoms with van der Waals surface area (Å²) in [5.41, 5.74) is 0. The fraction of sp³-hybridized carbons (Fsp3) is 0.694. The van der Waals surface area contributed by atoms with Gasteiger partial charge in [-0.15, -0.1) is 0 Å². The van der Waals surface area contributed by atoms with Gasteiger partial charge in [-0.1, -0.05) is 150 Å². The molecule has 9 nitrogen and oxygen atoms in total. The Morgan fingerprint density at radius 1 is 0.552 bits per heavy atom. The first-order valence-corrected chi connectivity index (χ1v) is 22.7. The van der Waals surface area contributed by atoms with Crippen LogP contribution >= 0.6 is 0 Å². The Morgan fingerprint density at radius 2 is 1.00 bits per heavy atom. The standard InChI is InChI=1S/C49H82O9/c1-3-5-7-9-11-13-15-17-19-21-23-25-27-29-31-33-35-37-39-55-41-43(42-56-49-48(54)47(53)46(52)44(40-50)58-49)57-45(51)38-36-34-32-30-28-26-24-22-20-18-16-14-12-10-8-6-4-2/h5-8,11-14,17-20,24,26,43-44,46-50,52-54H,3-4,9-10,15-16,21-23,25,27-42H2,1-2H3/b7-5-,8-6-,13-11-,14-12-,19-17-,20-18-,26-24-. The van der Waals surface area contributed by atoms with Crippen molar-refractivity contribution in [2.24, 2.45) is 0 Å². The van der Waals surface area contributed by atoms with Crippen molar-refractivity contribution >= 4 is 5.97 Å². The maximum Gasteiger partial charge on any atom is 0.306 e. The number of ether oxygens (including phenoxy) is 4. The molecule has 4 N–H and O–H groups in total. The molecule has 1 fully saturated rings. The van der Waals surface area contributed by atoms with Crippen LogP contribution in [0.4, 0.5) is 0 Å². The number of carbonyl (C=O) groups excluding carboxylic acids is 1. The van der Waals surface area contributed by atoms with Crippen LogP contribution in [0.25, 0.3) is 0 Å². The zero-order valence-electron chi connectivity index (χ0n) is 36.3. The van der Waals surface area contributed by atoms with E-state index in [2.05, 4.69) is 98.9 Å². The van der Waals surface area contributed by atoms with Crippen LogP contribution < -0.4 is 0 Å². The van der Waals surface area contributed by atoms with E-state index in [0.717, 1.165) is 103 Å². The van der Waals surface area contributed by atoms with Crippen molar-refractivity contribution in [3.05, 3.63) is 85.1 Å². The van der Waals surface area contributed by atoms with Crippen molar-refractivity contribution in [2.45, 2.75) is 192 Å². The van der Waals surface area contributed by atoms with E-state index in [1.165, 1.54) is 32.1 Å². The zero-order valence-corrected chi connectivity index (χ0v) is 36.3. The second-order valence-corrected chi connectivity index (χ2v) is 15.1. The van der Waals surface area contributed by atoms with Gasteiger partial charge in [0, 0.05) is 13.0 Å². The first-order valence-electron chi connectivity index (χ1n) is 22.7. The Morgan fingerprint density at radius 3 is 1.50 bits per heavy atom. The molecule has 1 heterocycles. The van der Waals surface area contributed by atoms with E-state index in [4.69, 9.17) is 18.9 Å². The lowest BCUT2D eigenvalue weighted by atomic mass is 9.99. The SMILES string of the molecule is CC/C=C\C/C=C\C/C=C\C/C=C\CCCCCCC(=O)OC(COCCCCCCCCCC/C=C\C/C=C\C/C=C\CC)COC1OC(CO)C(O)C(O)C1O. The highest BCUT2D eigenvalue weighted by Crippen LogP contribution is 2.22. The van der Waals surface area contributed by atoms with Crippen molar-refractivity contribution in [1.29, 1.82) is 0 Å². The Balaban J connectivity index is 2.29. The number of allylic oxidation sites excluding steroid dienone is 14. The largest absolute Gasteiger partial charge is 0.457 e. The van der Waals surface area contributed by atoms with Crippen molar-refractivity contribution in [3.8, 4) is 0 Å². The molecule has 0 spiro atoms. The summed E-state index contributed by atoms with van der Waals surface area (Å²) >= 11 is 0. The van der Waals surface area contributed by atoms with Gasteiger partial charge < -0.3 is 39.4 Å². The second kappa shape index (κ2) is 39.8. The van der Waals surface area contributed by atoms with Gasteiger partial charge in [0.1, 0.15) is 30.5 Å². The summed E-state index contributed by atoms with van der Waals surface area (Å²) in [5.74, 6) is -0.343. The molecule has 0 radical (unpaired) electrons. The number of esters is 1. The van der Waals surface area contributed by atoms with E-state index in [1.807, 2.05) is 0 Å². The second-order valence-electron chi connectivity index (χ2n) is 15.1.